The number of rotatable bonds is 6. The summed E-state index contributed by atoms with van der Waals surface area (Å²) in [4.78, 5) is 23.3. The van der Waals surface area contributed by atoms with E-state index in [0.29, 0.717) is 5.75 Å². The molecule has 0 aliphatic rings. The molecule has 0 bridgehead atoms. The van der Waals surface area contributed by atoms with E-state index in [4.69, 9.17) is 5.11 Å². The van der Waals surface area contributed by atoms with Crippen LogP contribution in [0.1, 0.15) is 27.6 Å². The van der Waals surface area contributed by atoms with Gasteiger partial charge in [0.2, 0.25) is 0 Å². The van der Waals surface area contributed by atoms with Gasteiger partial charge in [-0.05, 0) is 25.3 Å². The third kappa shape index (κ3) is 5.14. The molecule has 1 rings (SSSR count). The van der Waals surface area contributed by atoms with E-state index in [-0.39, 0.29) is 6.04 Å². The van der Waals surface area contributed by atoms with Gasteiger partial charge in [-0.2, -0.15) is 11.8 Å². The number of hydrogen-bond donors (Lipinski definition) is 2. The standard InChI is InChI=1S/C13H14F3NO4S/c1-7(6-22-2)17-11(18)10-8(12(19)20)4-3-5-9(10)21-13(14,15)16/h3-5,7H,6H2,1-2H3,(H,17,18)(H,19,20)/t7-/m0/s1. The molecule has 0 fully saturated rings. The van der Waals surface area contributed by atoms with Gasteiger partial charge in [0.15, 0.2) is 0 Å². The van der Waals surface area contributed by atoms with E-state index in [9.17, 15) is 22.8 Å². The molecule has 0 heterocycles. The van der Waals surface area contributed by atoms with Crippen LogP contribution < -0.4 is 10.1 Å². The Kier molecular flexibility index (Phi) is 6.10. The molecule has 0 radical (unpaired) electrons. The zero-order chi connectivity index (χ0) is 16.9. The highest BCUT2D eigenvalue weighted by Gasteiger charge is 2.34. The summed E-state index contributed by atoms with van der Waals surface area (Å²) in [5.74, 6) is -2.77. The van der Waals surface area contributed by atoms with Crippen molar-refractivity contribution in [3.05, 3.63) is 29.3 Å². The number of ether oxygens (including phenoxy) is 1. The molecule has 0 aromatic heterocycles. The summed E-state index contributed by atoms with van der Waals surface area (Å²) in [6.07, 6.45) is -3.23. The maximum absolute atomic E-state index is 12.4. The first kappa shape index (κ1) is 18.1. The van der Waals surface area contributed by atoms with Gasteiger partial charge < -0.3 is 15.2 Å². The average Bonchev–Trinajstić information content (AvgIpc) is 2.36. The lowest BCUT2D eigenvalue weighted by atomic mass is 10.1. The minimum absolute atomic E-state index is 0.344. The number of thioether (sulfide) groups is 1. The predicted octanol–water partition coefficient (Wildman–Crippen LogP) is 2.76. The highest BCUT2D eigenvalue weighted by Crippen LogP contribution is 2.29. The maximum Gasteiger partial charge on any atom is 0.573 e. The summed E-state index contributed by atoms with van der Waals surface area (Å²) in [5.41, 5.74) is -1.21. The van der Waals surface area contributed by atoms with Crippen LogP contribution in [0.4, 0.5) is 13.2 Å². The first-order valence-corrected chi connectivity index (χ1v) is 7.47. The number of halogens is 3. The van der Waals surface area contributed by atoms with Crippen molar-refractivity contribution in [2.24, 2.45) is 0 Å². The van der Waals surface area contributed by atoms with Gasteiger partial charge in [0.05, 0.1) is 11.1 Å². The lowest BCUT2D eigenvalue weighted by Gasteiger charge is -2.17. The molecule has 22 heavy (non-hydrogen) atoms. The van der Waals surface area contributed by atoms with Crippen molar-refractivity contribution < 1.29 is 32.6 Å². The van der Waals surface area contributed by atoms with Crippen molar-refractivity contribution in [2.45, 2.75) is 19.3 Å². The fourth-order valence-electron chi connectivity index (χ4n) is 1.74. The zero-order valence-corrected chi connectivity index (χ0v) is 12.5. The molecule has 0 spiro atoms. The Hall–Kier alpha value is -1.90. The van der Waals surface area contributed by atoms with Crippen LogP contribution in [-0.2, 0) is 0 Å². The van der Waals surface area contributed by atoms with Gasteiger partial charge in [0.25, 0.3) is 5.91 Å². The van der Waals surface area contributed by atoms with E-state index >= 15 is 0 Å². The number of carboxylic acids is 1. The lowest BCUT2D eigenvalue weighted by molar-refractivity contribution is -0.274. The molecular weight excluding hydrogens is 323 g/mol. The van der Waals surface area contributed by atoms with E-state index in [1.807, 2.05) is 0 Å². The van der Waals surface area contributed by atoms with Crippen LogP contribution in [0.25, 0.3) is 0 Å². The second-order valence-corrected chi connectivity index (χ2v) is 5.27. The van der Waals surface area contributed by atoms with Gasteiger partial charge in [-0.25, -0.2) is 4.79 Å². The number of hydrogen-bond acceptors (Lipinski definition) is 4. The fraction of sp³-hybridized carbons (Fsp3) is 0.385. The Bertz CT molecular complexity index is 563. The summed E-state index contributed by atoms with van der Waals surface area (Å²) in [5, 5.41) is 11.5. The van der Waals surface area contributed by atoms with Gasteiger partial charge in [0, 0.05) is 11.8 Å². The first-order valence-electron chi connectivity index (χ1n) is 6.07. The molecule has 1 amide bonds. The van der Waals surface area contributed by atoms with Crippen LogP contribution in [0.3, 0.4) is 0 Å². The van der Waals surface area contributed by atoms with Gasteiger partial charge in [0.1, 0.15) is 5.75 Å². The van der Waals surface area contributed by atoms with Gasteiger partial charge in [-0.3, -0.25) is 4.79 Å². The Morgan fingerprint density at radius 3 is 2.55 bits per heavy atom. The second-order valence-electron chi connectivity index (χ2n) is 4.36. The second kappa shape index (κ2) is 7.39. The summed E-state index contributed by atoms with van der Waals surface area (Å²) in [6, 6.07) is 2.67. The number of amides is 1. The number of carbonyl (C=O) groups excluding carboxylic acids is 1. The number of aromatic carboxylic acids is 1. The molecule has 5 nitrogen and oxygen atoms in total. The normalized spacial score (nSPS) is 12.6. The van der Waals surface area contributed by atoms with Crippen molar-refractivity contribution in [3.63, 3.8) is 0 Å². The van der Waals surface area contributed by atoms with Crippen molar-refractivity contribution in [2.75, 3.05) is 12.0 Å². The summed E-state index contributed by atoms with van der Waals surface area (Å²) < 4.78 is 40.9. The van der Waals surface area contributed by atoms with Crippen molar-refractivity contribution in [1.82, 2.24) is 5.32 Å². The Labute approximate surface area is 128 Å². The van der Waals surface area contributed by atoms with Crippen molar-refractivity contribution in [3.8, 4) is 5.75 Å². The molecule has 1 aromatic rings. The lowest BCUT2D eigenvalue weighted by Crippen LogP contribution is -2.35. The largest absolute Gasteiger partial charge is 0.573 e. The van der Waals surface area contributed by atoms with Gasteiger partial charge >= 0.3 is 12.3 Å². The van der Waals surface area contributed by atoms with E-state index in [1.54, 1.807) is 13.2 Å². The third-order valence-electron chi connectivity index (χ3n) is 2.50. The number of alkyl halides is 3. The Balaban J connectivity index is 3.22. The average molecular weight is 337 g/mol. The third-order valence-corrected chi connectivity index (χ3v) is 3.34. The predicted molar refractivity (Wildman–Crippen MR) is 75.4 cm³/mol. The molecule has 1 atom stereocenters. The monoisotopic (exact) mass is 337 g/mol. The molecule has 0 unspecified atom stereocenters. The van der Waals surface area contributed by atoms with E-state index in [2.05, 4.69) is 10.1 Å². The number of benzene rings is 1. The van der Waals surface area contributed by atoms with Crippen LogP contribution in [0, 0.1) is 0 Å². The Morgan fingerprint density at radius 1 is 1.41 bits per heavy atom. The number of carbonyl (C=O) groups is 2. The Morgan fingerprint density at radius 2 is 2.05 bits per heavy atom. The van der Waals surface area contributed by atoms with Crippen LogP contribution in [-0.4, -0.2) is 41.4 Å². The minimum Gasteiger partial charge on any atom is -0.478 e. The van der Waals surface area contributed by atoms with E-state index in [1.165, 1.54) is 11.8 Å². The highest BCUT2D eigenvalue weighted by molar-refractivity contribution is 7.98. The van der Waals surface area contributed by atoms with Crippen LogP contribution in [0.5, 0.6) is 5.75 Å². The first-order chi connectivity index (χ1) is 10.2. The maximum atomic E-state index is 12.4. The number of nitrogens with one attached hydrogen (secondary N) is 1. The van der Waals surface area contributed by atoms with Gasteiger partial charge in [-0.15, -0.1) is 13.2 Å². The van der Waals surface area contributed by atoms with Gasteiger partial charge in [-0.1, -0.05) is 6.07 Å². The highest BCUT2D eigenvalue weighted by atomic mass is 32.2. The molecule has 0 aliphatic carbocycles. The quantitative estimate of drug-likeness (QED) is 0.835. The fourth-order valence-corrected chi connectivity index (χ4v) is 2.32. The molecule has 2 N–H and O–H groups in total. The summed E-state index contributed by atoms with van der Waals surface area (Å²) in [6.45, 7) is 1.65. The molecule has 0 aliphatic heterocycles. The molecule has 1 aromatic carbocycles. The molecule has 9 heteroatoms. The molecule has 0 saturated carbocycles. The summed E-state index contributed by atoms with van der Waals surface area (Å²) >= 11 is 1.43. The topological polar surface area (TPSA) is 75.6 Å². The van der Waals surface area contributed by atoms with Crippen molar-refractivity contribution in [1.29, 1.82) is 0 Å². The van der Waals surface area contributed by atoms with E-state index < -0.39 is 35.1 Å². The molecule has 0 saturated heterocycles. The van der Waals surface area contributed by atoms with Crippen molar-refractivity contribution >= 4 is 23.6 Å². The SMILES string of the molecule is CSC[C@H](C)NC(=O)c1c(OC(F)(F)F)cccc1C(=O)O. The smallest absolute Gasteiger partial charge is 0.478 e. The van der Waals surface area contributed by atoms with E-state index in [0.717, 1.165) is 18.2 Å². The summed E-state index contributed by atoms with van der Waals surface area (Å²) in [7, 11) is 0. The number of carboxylic acid groups (broad SMARTS) is 1. The van der Waals surface area contributed by atoms with Crippen LogP contribution in [0.15, 0.2) is 18.2 Å². The zero-order valence-electron chi connectivity index (χ0n) is 11.7. The van der Waals surface area contributed by atoms with Crippen LogP contribution >= 0.6 is 11.8 Å². The minimum atomic E-state index is -5.03. The van der Waals surface area contributed by atoms with Crippen LogP contribution in [0.2, 0.25) is 0 Å². The molecule has 122 valence electrons. The molecular formula is C13H14F3NO4S.